The zero-order valence-electron chi connectivity index (χ0n) is 20.4. The lowest BCUT2D eigenvalue weighted by molar-refractivity contribution is -0.117. The molecule has 5 rings (SSSR count). The van der Waals surface area contributed by atoms with E-state index >= 15 is 0 Å². The van der Waals surface area contributed by atoms with Crippen molar-refractivity contribution in [2.75, 3.05) is 11.9 Å². The SMILES string of the molecule is Cc1ccc(-c2nc(C(C)(O)CCC(=O)c3ccc4c(c3)CC(=O)C4)cc3c2NCC3(C)N)cc1. The molecule has 0 spiro atoms. The Kier molecular flexibility index (Phi) is 5.61. The molecule has 2 heterocycles. The molecule has 1 aliphatic heterocycles. The van der Waals surface area contributed by atoms with Crippen molar-refractivity contribution in [2.45, 2.75) is 57.6 Å². The summed E-state index contributed by atoms with van der Waals surface area (Å²) >= 11 is 0. The Labute approximate surface area is 205 Å². The van der Waals surface area contributed by atoms with Crippen molar-refractivity contribution in [2.24, 2.45) is 5.73 Å². The lowest BCUT2D eigenvalue weighted by atomic mass is 9.87. The van der Waals surface area contributed by atoms with Crippen molar-refractivity contribution in [3.63, 3.8) is 0 Å². The number of anilines is 1. The summed E-state index contributed by atoms with van der Waals surface area (Å²) in [5.74, 6) is 0.124. The third-order valence-corrected chi connectivity index (χ3v) is 7.29. The summed E-state index contributed by atoms with van der Waals surface area (Å²) in [6.45, 7) is 6.28. The summed E-state index contributed by atoms with van der Waals surface area (Å²) in [6, 6.07) is 15.5. The maximum absolute atomic E-state index is 13.0. The molecule has 0 amide bonds. The van der Waals surface area contributed by atoms with E-state index in [1.807, 2.05) is 56.3 Å². The molecule has 0 fully saturated rings. The monoisotopic (exact) mass is 469 g/mol. The highest BCUT2D eigenvalue weighted by Crippen LogP contribution is 2.42. The minimum Gasteiger partial charge on any atom is -0.384 e. The molecule has 180 valence electrons. The molecule has 1 aromatic heterocycles. The van der Waals surface area contributed by atoms with Gasteiger partial charge < -0.3 is 16.2 Å². The molecule has 0 saturated heterocycles. The number of fused-ring (bicyclic) bond motifs is 2. The van der Waals surface area contributed by atoms with E-state index in [0.29, 0.717) is 30.6 Å². The zero-order valence-corrected chi connectivity index (χ0v) is 20.4. The maximum Gasteiger partial charge on any atom is 0.163 e. The van der Waals surface area contributed by atoms with Gasteiger partial charge >= 0.3 is 0 Å². The topological polar surface area (TPSA) is 105 Å². The molecule has 0 saturated carbocycles. The lowest BCUT2D eigenvalue weighted by Gasteiger charge is -2.26. The summed E-state index contributed by atoms with van der Waals surface area (Å²) in [7, 11) is 0. The van der Waals surface area contributed by atoms with Crippen molar-refractivity contribution < 1.29 is 14.7 Å². The van der Waals surface area contributed by atoms with Gasteiger partial charge in [-0.05, 0) is 50.5 Å². The van der Waals surface area contributed by atoms with Crippen LogP contribution in [0.3, 0.4) is 0 Å². The molecule has 4 N–H and O–H groups in total. The van der Waals surface area contributed by atoms with Crippen LogP contribution in [0.5, 0.6) is 0 Å². The normalized spacial score (nSPS) is 20.2. The number of nitrogens with two attached hydrogens (primary N) is 1. The standard InChI is InChI=1S/C29H31N3O3/c1-17-4-6-18(7-5-17)26-27-23(28(2,30)16-31-27)15-25(32-26)29(3,35)11-10-24(34)20-9-8-19-13-22(33)14-21(19)12-20/h4-9,12,15,31,35H,10-11,13-14,16,30H2,1-3H3. The fourth-order valence-electron chi connectivity index (χ4n) is 4.99. The molecular weight excluding hydrogens is 438 g/mol. The van der Waals surface area contributed by atoms with Crippen LogP contribution in [-0.4, -0.2) is 28.2 Å². The first-order chi connectivity index (χ1) is 16.5. The Morgan fingerprint density at radius 2 is 1.86 bits per heavy atom. The first-order valence-corrected chi connectivity index (χ1v) is 12.1. The number of benzene rings is 2. The maximum atomic E-state index is 13.0. The van der Waals surface area contributed by atoms with Crippen LogP contribution in [0.1, 0.15) is 65.0 Å². The van der Waals surface area contributed by atoms with Crippen LogP contribution in [0.25, 0.3) is 11.3 Å². The number of aryl methyl sites for hydroxylation is 1. The van der Waals surface area contributed by atoms with Crippen LogP contribution >= 0.6 is 0 Å². The van der Waals surface area contributed by atoms with E-state index in [1.165, 1.54) is 0 Å². The van der Waals surface area contributed by atoms with Crippen LogP contribution in [0.4, 0.5) is 5.69 Å². The molecule has 35 heavy (non-hydrogen) atoms. The molecule has 2 unspecified atom stereocenters. The van der Waals surface area contributed by atoms with Crippen molar-refractivity contribution in [3.05, 3.63) is 82.0 Å². The number of hydrogen-bond donors (Lipinski definition) is 3. The number of rotatable bonds is 6. The van der Waals surface area contributed by atoms with Gasteiger partial charge in [0.25, 0.3) is 0 Å². The third-order valence-electron chi connectivity index (χ3n) is 7.29. The zero-order chi connectivity index (χ0) is 25.0. The summed E-state index contributed by atoms with van der Waals surface area (Å²) in [4.78, 5) is 29.6. The average Bonchev–Trinajstić information content (AvgIpc) is 3.35. The second kappa shape index (κ2) is 8.40. The van der Waals surface area contributed by atoms with Gasteiger partial charge in [0, 0.05) is 42.5 Å². The van der Waals surface area contributed by atoms with Gasteiger partial charge in [-0.3, -0.25) is 9.59 Å². The molecule has 2 aliphatic rings. The van der Waals surface area contributed by atoms with Crippen molar-refractivity contribution in [1.29, 1.82) is 0 Å². The predicted molar refractivity (Wildman–Crippen MR) is 136 cm³/mol. The third kappa shape index (κ3) is 4.40. The summed E-state index contributed by atoms with van der Waals surface area (Å²) < 4.78 is 0. The number of hydrogen-bond acceptors (Lipinski definition) is 6. The Morgan fingerprint density at radius 1 is 1.14 bits per heavy atom. The smallest absolute Gasteiger partial charge is 0.163 e. The lowest BCUT2D eigenvalue weighted by Crippen LogP contribution is -2.35. The fraction of sp³-hybridized carbons (Fsp3) is 0.345. The quantitative estimate of drug-likeness (QED) is 0.468. The molecule has 6 nitrogen and oxygen atoms in total. The fourth-order valence-corrected chi connectivity index (χ4v) is 4.99. The van der Waals surface area contributed by atoms with Crippen LogP contribution in [-0.2, 0) is 28.8 Å². The number of pyridine rings is 1. The number of carbonyl (C=O) groups excluding carboxylic acids is 2. The number of aromatic nitrogens is 1. The average molecular weight is 470 g/mol. The minimum atomic E-state index is -1.32. The van der Waals surface area contributed by atoms with Crippen molar-refractivity contribution in [3.8, 4) is 11.3 Å². The Balaban J connectivity index is 1.43. The van der Waals surface area contributed by atoms with Crippen molar-refractivity contribution in [1.82, 2.24) is 4.98 Å². The van der Waals surface area contributed by atoms with Gasteiger partial charge in [0.1, 0.15) is 11.4 Å². The van der Waals surface area contributed by atoms with E-state index in [1.54, 1.807) is 13.0 Å². The molecule has 2 aromatic carbocycles. The number of nitrogens with one attached hydrogen (secondary N) is 1. The summed E-state index contributed by atoms with van der Waals surface area (Å²) in [5.41, 5.74) is 12.3. The van der Waals surface area contributed by atoms with E-state index < -0.39 is 11.1 Å². The predicted octanol–water partition coefficient (Wildman–Crippen LogP) is 4.19. The van der Waals surface area contributed by atoms with Gasteiger partial charge in [0.05, 0.1) is 22.6 Å². The molecule has 0 radical (unpaired) electrons. The van der Waals surface area contributed by atoms with Crippen LogP contribution in [0, 0.1) is 6.92 Å². The molecule has 1 aliphatic carbocycles. The van der Waals surface area contributed by atoms with E-state index in [9.17, 15) is 14.7 Å². The first-order valence-electron chi connectivity index (χ1n) is 12.1. The van der Waals surface area contributed by atoms with E-state index in [0.717, 1.165) is 39.2 Å². The molecule has 2 atom stereocenters. The van der Waals surface area contributed by atoms with Gasteiger partial charge in [0.2, 0.25) is 0 Å². The first kappa shape index (κ1) is 23.4. The minimum absolute atomic E-state index is 0.0577. The largest absolute Gasteiger partial charge is 0.384 e. The number of nitrogens with zero attached hydrogens (tertiary/aromatic N) is 1. The number of Topliss-reactive ketones (excluding diaryl/α,β-unsaturated/α-hetero) is 2. The van der Waals surface area contributed by atoms with Crippen molar-refractivity contribution >= 4 is 17.3 Å². The van der Waals surface area contributed by atoms with Crippen LogP contribution in [0.2, 0.25) is 0 Å². The molecule has 6 heteroatoms. The number of carbonyl (C=O) groups is 2. The van der Waals surface area contributed by atoms with E-state index in [-0.39, 0.29) is 24.4 Å². The number of aliphatic hydroxyl groups is 1. The molecular formula is C29H31N3O3. The van der Waals surface area contributed by atoms with Gasteiger partial charge in [-0.25, -0.2) is 4.98 Å². The molecule has 0 bridgehead atoms. The number of ketones is 2. The van der Waals surface area contributed by atoms with E-state index in [2.05, 4.69) is 5.32 Å². The van der Waals surface area contributed by atoms with Gasteiger partial charge in [-0.15, -0.1) is 0 Å². The highest BCUT2D eigenvalue weighted by atomic mass is 16.3. The van der Waals surface area contributed by atoms with Crippen LogP contribution in [0.15, 0.2) is 48.5 Å². The van der Waals surface area contributed by atoms with Gasteiger partial charge in [-0.1, -0.05) is 42.0 Å². The highest BCUT2D eigenvalue weighted by molar-refractivity contribution is 5.97. The Morgan fingerprint density at radius 3 is 2.60 bits per heavy atom. The van der Waals surface area contributed by atoms with Gasteiger partial charge in [-0.2, -0.15) is 0 Å². The Hall–Kier alpha value is -3.35. The second-order valence-electron chi connectivity index (χ2n) is 10.5. The second-order valence-corrected chi connectivity index (χ2v) is 10.5. The van der Waals surface area contributed by atoms with E-state index in [4.69, 9.17) is 10.7 Å². The summed E-state index contributed by atoms with van der Waals surface area (Å²) in [6.07, 6.45) is 1.22. The summed E-state index contributed by atoms with van der Waals surface area (Å²) in [5, 5.41) is 14.9. The highest BCUT2D eigenvalue weighted by Gasteiger charge is 2.36. The van der Waals surface area contributed by atoms with Crippen LogP contribution < -0.4 is 11.1 Å². The Bertz CT molecular complexity index is 1340. The molecule has 3 aromatic rings. The van der Waals surface area contributed by atoms with Gasteiger partial charge in [0.15, 0.2) is 5.78 Å².